The van der Waals surface area contributed by atoms with E-state index in [-0.39, 0.29) is 5.78 Å². The molecular formula is C15H23NOS2. The minimum absolute atomic E-state index is 0.162. The van der Waals surface area contributed by atoms with E-state index >= 15 is 0 Å². The fourth-order valence-corrected chi connectivity index (χ4v) is 4.96. The Labute approximate surface area is 124 Å². The SMILES string of the molecule is CC(=O)c1sc(CSC2CCCCC2)nc1C(C)C. The van der Waals surface area contributed by atoms with Gasteiger partial charge in [-0.25, -0.2) is 4.98 Å². The molecule has 0 unspecified atom stereocenters. The molecule has 1 aromatic rings. The smallest absolute Gasteiger partial charge is 0.171 e. The summed E-state index contributed by atoms with van der Waals surface area (Å²) in [5.41, 5.74) is 0.997. The third-order valence-corrected chi connectivity index (χ3v) is 6.30. The number of thiazole rings is 1. The second-order valence-electron chi connectivity index (χ2n) is 5.60. The second-order valence-corrected chi connectivity index (χ2v) is 7.98. The summed E-state index contributed by atoms with van der Waals surface area (Å²) in [6.45, 7) is 5.87. The number of rotatable bonds is 5. The number of ketones is 1. The van der Waals surface area contributed by atoms with Crippen molar-refractivity contribution in [3.63, 3.8) is 0 Å². The molecule has 2 nitrogen and oxygen atoms in total. The maximum Gasteiger partial charge on any atom is 0.171 e. The van der Waals surface area contributed by atoms with Crippen LogP contribution in [0.3, 0.4) is 0 Å². The minimum atomic E-state index is 0.162. The third kappa shape index (κ3) is 4.06. The van der Waals surface area contributed by atoms with Gasteiger partial charge in [-0.05, 0) is 18.8 Å². The first-order valence-electron chi connectivity index (χ1n) is 7.20. The Bertz CT molecular complexity index is 433. The number of carbonyl (C=O) groups excluding carboxylic acids is 1. The number of carbonyl (C=O) groups is 1. The zero-order valence-electron chi connectivity index (χ0n) is 12.1. The van der Waals surface area contributed by atoms with Crippen LogP contribution < -0.4 is 0 Å². The molecule has 4 heteroatoms. The quantitative estimate of drug-likeness (QED) is 0.714. The zero-order chi connectivity index (χ0) is 13.8. The van der Waals surface area contributed by atoms with Crippen molar-refractivity contribution in [1.82, 2.24) is 4.98 Å². The molecule has 1 heterocycles. The summed E-state index contributed by atoms with van der Waals surface area (Å²) in [6, 6.07) is 0. The summed E-state index contributed by atoms with van der Waals surface area (Å²) in [7, 11) is 0. The summed E-state index contributed by atoms with van der Waals surface area (Å²) in [6.07, 6.45) is 6.87. The molecule has 0 N–H and O–H groups in total. The van der Waals surface area contributed by atoms with E-state index in [9.17, 15) is 4.79 Å². The van der Waals surface area contributed by atoms with Gasteiger partial charge in [0.05, 0.1) is 10.6 Å². The largest absolute Gasteiger partial charge is 0.294 e. The van der Waals surface area contributed by atoms with Crippen LogP contribution in [-0.4, -0.2) is 16.0 Å². The first-order valence-corrected chi connectivity index (χ1v) is 9.06. The maximum absolute atomic E-state index is 11.7. The topological polar surface area (TPSA) is 30.0 Å². The van der Waals surface area contributed by atoms with Crippen LogP contribution in [0.4, 0.5) is 0 Å². The van der Waals surface area contributed by atoms with Gasteiger partial charge in [0.15, 0.2) is 5.78 Å². The number of hydrogen-bond acceptors (Lipinski definition) is 4. The van der Waals surface area contributed by atoms with E-state index in [0.717, 1.165) is 26.6 Å². The Morgan fingerprint density at radius 3 is 2.58 bits per heavy atom. The maximum atomic E-state index is 11.7. The van der Waals surface area contributed by atoms with Crippen molar-refractivity contribution in [2.75, 3.05) is 0 Å². The van der Waals surface area contributed by atoms with Crippen LogP contribution in [0.15, 0.2) is 0 Å². The summed E-state index contributed by atoms with van der Waals surface area (Å²) >= 11 is 3.64. The molecule has 0 amide bonds. The van der Waals surface area contributed by atoms with Crippen molar-refractivity contribution in [3.05, 3.63) is 15.6 Å². The standard InChI is InChI=1S/C15H23NOS2/c1-10(2)14-15(11(3)17)19-13(16-14)9-18-12-7-5-4-6-8-12/h10,12H,4-9H2,1-3H3. The summed E-state index contributed by atoms with van der Waals surface area (Å²) in [4.78, 5) is 17.2. The van der Waals surface area contributed by atoms with Crippen LogP contribution in [-0.2, 0) is 5.75 Å². The van der Waals surface area contributed by atoms with Crippen LogP contribution in [0.1, 0.15) is 79.2 Å². The number of thioether (sulfide) groups is 1. The molecular weight excluding hydrogens is 274 g/mol. The van der Waals surface area contributed by atoms with Gasteiger partial charge in [-0.1, -0.05) is 33.1 Å². The fraction of sp³-hybridized carbons (Fsp3) is 0.733. The molecule has 0 saturated heterocycles. The van der Waals surface area contributed by atoms with Crippen molar-refractivity contribution in [2.45, 2.75) is 69.8 Å². The number of Topliss-reactive ketones (excluding diaryl/α,β-unsaturated/α-hetero) is 1. The normalized spacial score (nSPS) is 17.1. The first kappa shape index (κ1) is 15.0. The molecule has 0 bridgehead atoms. The van der Waals surface area contributed by atoms with Crippen molar-refractivity contribution >= 4 is 28.9 Å². The number of hydrogen-bond donors (Lipinski definition) is 0. The van der Waals surface area contributed by atoms with Gasteiger partial charge in [-0.15, -0.1) is 11.3 Å². The Balaban J connectivity index is 2.00. The molecule has 0 aromatic carbocycles. The average Bonchev–Trinajstić information content (AvgIpc) is 2.82. The van der Waals surface area contributed by atoms with Crippen molar-refractivity contribution in [1.29, 1.82) is 0 Å². The van der Waals surface area contributed by atoms with Gasteiger partial charge in [-0.3, -0.25) is 4.79 Å². The summed E-state index contributed by atoms with van der Waals surface area (Å²) in [5, 5.41) is 1.94. The molecule has 1 aliphatic carbocycles. The number of nitrogens with zero attached hydrogens (tertiary/aromatic N) is 1. The average molecular weight is 297 g/mol. The van der Waals surface area contributed by atoms with Gasteiger partial charge in [0, 0.05) is 17.9 Å². The molecule has 19 heavy (non-hydrogen) atoms. The van der Waals surface area contributed by atoms with Gasteiger partial charge in [0.25, 0.3) is 0 Å². The minimum Gasteiger partial charge on any atom is -0.294 e. The second kappa shape index (κ2) is 6.89. The highest BCUT2D eigenvalue weighted by molar-refractivity contribution is 7.99. The molecule has 0 spiro atoms. The van der Waals surface area contributed by atoms with Crippen LogP contribution in [0.2, 0.25) is 0 Å². The molecule has 0 aliphatic heterocycles. The number of aromatic nitrogens is 1. The molecule has 1 aromatic heterocycles. The fourth-order valence-electron chi connectivity index (χ4n) is 2.50. The van der Waals surface area contributed by atoms with E-state index in [2.05, 4.69) is 13.8 Å². The Morgan fingerprint density at radius 1 is 1.37 bits per heavy atom. The molecule has 0 radical (unpaired) electrons. The highest BCUT2D eigenvalue weighted by Gasteiger charge is 2.19. The van der Waals surface area contributed by atoms with Crippen LogP contribution in [0.25, 0.3) is 0 Å². The van der Waals surface area contributed by atoms with E-state index in [4.69, 9.17) is 4.98 Å². The monoisotopic (exact) mass is 297 g/mol. The van der Waals surface area contributed by atoms with Crippen LogP contribution in [0, 0.1) is 0 Å². The van der Waals surface area contributed by atoms with Crippen molar-refractivity contribution in [2.24, 2.45) is 0 Å². The van der Waals surface area contributed by atoms with Crippen molar-refractivity contribution < 1.29 is 4.79 Å². The van der Waals surface area contributed by atoms with E-state index in [1.807, 2.05) is 11.8 Å². The van der Waals surface area contributed by atoms with E-state index in [1.54, 1.807) is 18.3 Å². The highest BCUT2D eigenvalue weighted by Crippen LogP contribution is 2.33. The lowest BCUT2D eigenvalue weighted by molar-refractivity contribution is 0.102. The van der Waals surface area contributed by atoms with Gasteiger partial charge in [0.1, 0.15) is 5.01 Å². The van der Waals surface area contributed by atoms with Gasteiger partial charge in [-0.2, -0.15) is 11.8 Å². The molecule has 0 atom stereocenters. The van der Waals surface area contributed by atoms with Gasteiger partial charge in [0.2, 0.25) is 0 Å². The summed E-state index contributed by atoms with van der Waals surface area (Å²) in [5.74, 6) is 1.47. The third-order valence-electron chi connectivity index (χ3n) is 3.56. The molecule has 1 saturated carbocycles. The van der Waals surface area contributed by atoms with Crippen molar-refractivity contribution in [3.8, 4) is 0 Å². The lowest BCUT2D eigenvalue weighted by Crippen LogP contribution is -2.08. The van der Waals surface area contributed by atoms with E-state index in [0.29, 0.717) is 5.92 Å². The Morgan fingerprint density at radius 2 is 2.05 bits per heavy atom. The summed E-state index contributed by atoms with van der Waals surface area (Å²) < 4.78 is 0. The molecule has 1 fully saturated rings. The Kier molecular flexibility index (Phi) is 5.46. The molecule has 2 rings (SSSR count). The lowest BCUT2D eigenvalue weighted by Gasteiger charge is -2.20. The lowest BCUT2D eigenvalue weighted by atomic mass is 10.0. The first-order chi connectivity index (χ1) is 9.08. The molecule has 106 valence electrons. The van der Waals surface area contributed by atoms with E-state index < -0.39 is 0 Å². The Hall–Kier alpha value is -0.350. The van der Waals surface area contributed by atoms with Crippen LogP contribution in [0.5, 0.6) is 0 Å². The van der Waals surface area contributed by atoms with Gasteiger partial charge >= 0.3 is 0 Å². The highest BCUT2D eigenvalue weighted by atomic mass is 32.2. The van der Waals surface area contributed by atoms with Crippen LogP contribution >= 0.6 is 23.1 Å². The predicted molar refractivity (Wildman–Crippen MR) is 84.4 cm³/mol. The van der Waals surface area contributed by atoms with E-state index in [1.165, 1.54) is 32.1 Å². The predicted octanol–water partition coefficient (Wildman–Crippen LogP) is 5.04. The van der Waals surface area contributed by atoms with Gasteiger partial charge < -0.3 is 0 Å². The molecule has 1 aliphatic rings. The zero-order valence-corrected chi connectivity index (χ0v) is 13.7.